The van der Waals surface area contributed by atoms with Crippen LogP contribution in [-0.2, 0) is 4.79 Å². The fourth-order valence-corrected chi connectivity index (χ4v) is 1.94. The Hall–Kier alpha value is -1.71. The van der Waals surface area contributed by atoms with Gasteiger partial charge in [0.25, 0.3) is 5.91 Å². The molecule has 0 heterocycles. The van der Waals surface area contributed by atoms with Crippen LogP contribution in [0.15, 0.2) is 24.3 Å². The molecule has 0 fully saturated rings. The molecule has 106 valence electrons. The van der Waals surface area contributed by atoms with Crippen molar-refractivity contribution in [1.29, 1.82) is 0 Å². The molecule has 0 aliphatic carbocycles. The molecule has 1 amide bonds. The van der Waals surface area contributed by atoms with Gasteiger partial charge in [-0.05, 0) is 31.4 Å². The molecule has 0 aliphatic rings. The van der Waals surface area contributed by atoms with Crippen molar-refractivity contribution in [2.24, 2.45) is 5.92 Å². The summed E-state index contributed by atoms with van der Waals surface area (Å²) in [7, 11) is 1.82. The molecule has 0 spiro atoms. The molecule has 1 aromatic carbocycles. The number of likely N-dealkylation sites (N-methyl/N-ethyl adjacent to an activating group) is 1. The summed E-state index contributed by atoms with van der Waals surface area (Å²) in [5, 5.41) is 0. The Morgan fingerprint density at radius 1 is 1.37 bits per heavy atom. The van der Waals surface area contributed by atoms with E-state index in [0.29, 0.717) is 17.4 Å². The van der Waals surface area contributed by atoms with Gasteiger partial charge in [-0.1, -0.05) is 19.9 Å². The molecule has 0 aliphatic heterocycles. The lowest BCUT2D eigenvalue weighted by atomic mass is 10.0. The van der Waals surface area contributed by atoms with Gasteiger partial charge in [-0.3, -0.25) is 4.79 Å². The third-order valence-electron chi connectivity index (χ3n) is 3.09. The molecule has 19 heavy (non-hydrogen) atoms. The first-order valence-corrected chi connectivity index (χ1v) is 6.64. The van der Waals surface area contributed by atoms with Gasteiger partial charge in [-0.2, -0.15) is 0 Å². The van der Waals surface area contributed by atoms with Gasteiger partial charge in [-0.15, -0.1) is 0 Å². The zero-order chi connectivity index (χ0) is 14.4. The Bertz CT molecular complexity index is 418. The fourth-order valence-electron chi connectivity index (χ4n) is 1.94. The molecule has 1 atom stereocenters. The van der Waals surface area contributed by atoms with Gasteiger partial charge in [0.2, 0.25) is 0 Å². The summed E-state index contributed by atoms with van der Waals surface area (Å²) < 4.78 is 5.45. The fraction of sp³-hybridized carbons (Fsp3) is 0.533. The van der Waals surface area contributed by atoms with E-state index < -0.39 is 0 Å². The van der Waals surface area contributed by atoms with Crippen LogP contribution in [-0.4, -0.2) is 30.5 Å². The quantitative estimate of drug-likeness (QED) is 0.803. The van der Waals surface area contributed by atoms with Gasteiger partial charge in [0.15, 0.2) is 6.61 Å². The Kier molecular flexibility index (Phi) is 5.67. The SMILES string of the molecule is CC(C)CC(C)N(C)C(=O)COc1cccc(N)c1. The van der Waals surface area contributed by atoms with Crippen molar-refractivity contribution in [1.82, 2.24) is 4.90 Å². The largest absolute Gasteiger partial charge is 0.484 e. The highest BCUT2D eigenvalue weighted by Crippen LogP contribution is 2.15. The van der Waals surface area contributed by atoms with Gasteiger partial charge in [-0.25, -0.2) is 0 Å². The molecule has 1 aromatic rings. The zero-order valence-corrected chi connectivity index (χ0v) is 12.2. The van der Waals surface area contributed by atoms with Gasteiger partial charge in [0, 0.05) is 24.8 Å². The molecule has 0 saturated carbocycles. The minimum Gasteiger partial charge on any atom is -0.484 e. The van der Waals surface area contributed by atoms with Gasteiger partial charge in [0.1, 0.15) is 5.75 Å². The number of nitrogens with two attached hydrogens (primary N) is 1. The van der Waals surface area contributed by atoms with E-state index in [2.05, 4.69) is 20.8 Å². The van der Waals surface area contributed by atoms with Crippen LogP contribution in [0.3, 0.4) is 0 Å². The second-order valence-corrected chi connectivity index (χ2v) is 5.34. The van der Waals surface area contributed by atoms with Crippen molar-refractivity contribution in [3.63, 3.8) is 0 Å². The maximum atomic E-state index is 12.0. The van der Waals surface area contributed by atoms with Crippen molar-refractivity contribution in [2.45, 2.75) is 33.2 Å². The summed E-state index contributed by atoms with van der Waals surface area (Å²) >= 11 is 0. The summed E-state index contributed by atoms with van der Waals surface area (Å²) in [6.45, 7) is 6.40. The van der Waals surface area contributed by atoms with Crippen molar-refractivity contribution in [3.8, 4) is 5.75 Å². The molecule has 4 heteroatoms. The molecule has 0 bridgehead atoms. The molecule has 0 saturated heterocycles. The number of anilines is 1. The number of hydrogen-bond donors (Lipinski definition) is 1. The molecular weight excluding hydrogens is 240 g/mol. The average Bonchev–Trinajstić information content (AvgIpc) is 2.34. The first kappa shape index (κ1) is 15.3. The van der Waals surface area contributed by atoms with Gasteiger partial charge < -0.3 is 15.4 Å². The highest BCUT2D eigenvalue weighted by atomic mass is 16.5. The normalized spacial score (nSPS) is 12.3. The summed E-state index contributed by atoms with van der Waals surface area (Å²) in [5.41, 5.74) is 6.28. The Balaban J connectivity index is 2.46. The van der Waals surface area contributed by atoms with Crippen molar-refractivity contribution < 1.29 is 9.53 Å². The van der Waals surface area contributed by atoms with E-state index in [1.54, 1.807) is 29.2 Å². The Morgan fingerprint density at radius 3 is 2.63 bits per heavy atom. The molecular formula is C15H24N2O2. The maximum Gasteiger partial charge on any atom is 0.260 e. The predicted molar refractivity (Wildman–Crippen MR) is 78.0 cm³/mol. The number of nitrogens with zero attached hydrogens (tertiary/aromatic N) is 1. The number of ether oxygens (including phenoxy) is 1. The predicted octanol–water partition coefficient (Wildman–Crippen LogP) is 2.54. The molecule has 1 rings (SSSR count). The third kappa shape index (κ3) is 5.20. The first-order valence-electron chi connectivity index (χ1n) is 6.64. The molecule has 4 nitrogen and oxygen atoms in total. The van der Waals surface area contributed by atoms with Crippen LogP contribution in [0.1, 0.15) is 27.2 Å². The zero-order valence-electron chi connectivity index (χ0n) is 12.2. The average molecular weight is 264 g/mol. The minimum absolute atomic E-state index is 0.0180. The van der Waals surface area contributed by atoms with Crippen LogP contribution in [0.5, 0.6) is 5.75 Å². The smallest absolute Gasteiger partial charge is 0.260 e. The van der Waals surface area contributed by atoms with E-state index in [0.717, 1.165) is 6.42 Å². The lowest BCUT2D eigenvalue weighted by Crippen LogP contribution is -2.38. The van der Waals surface area contributed by atoms with Crippen LogP contribution in [0.25, 0.3) is 0 Å². The van der Waals surface area contributed by atoms with Crippen LogP contribution < -0.4 is 10.5 Å². The van der Waals surface area contributed by atoms with E-state index in [1.807, 2.05) is 7.05 Å². The second kappa shape index (κ2) is 7.02. The number of nitrogen functional groups attached to an aromatic ring is 1. The maximum absolute atomic E-state index is 12.0. The van der Waals surface area contributed by atoms with E-state index in [1.165, 1.54) is 0 Å². The number of rotatable bonds is 6. The summed E-state index contributed by atoms with van der Waals surface area (Å²) in [6, 6.07) is 7.31. The van der Waals surface area contributed by atoms with Crippen LogP contribution in [0, 0.1) is 5.92 Å². The van der Waals surface area contributed by atoms with Crippen molar-refractivity contribution >= 4 is 11.6 Å². The van der Waals surface area contributed by atoms with Gasteiger partial charge >= 0.3 is 0 Å². The van der Waals surface area contributed by atoms with E-state index in [-0.39, 0.29) is 18.6 Å². The number of amides is 1. The highest BCUT2D eigenvalue weighted by molar-refractivity contribution is 5.77. The second-order valence-electron chi connectivity index (χ2n) is 5.34. The number of carbonyl (C=O) groups excluding carboxylic acids is 1. The molecule has 0 aromatic heterocycles. The highest BCUT2D eigenvalue weighted by Gasteiger charge is 2.17. The van der Waals surface area contributed by atoms with Crippen LogP contribution >= 0.6 is 0 Å². The van der Waals surface area contributed by atoms with Crippen molar-refractivity contribution in [2.75, 3.05) is 19.4 Å². The molecule has 1 unspecified atom stereocenters. The summed E-state index contributed by atoms with van der Waals surface area (Å²) in [4.78, 5) is 13.7. The monoisotopic (exact) mass is 264 g/mol. The lowest BCUT2D eigenvalue weighted by Gasteiger charge is -2.26. The van der Waals surface area contributed by atoms with E-state index in [4.69, 9.17) is 10.5 Å². The lowest BCUT2D eigenvalue weighted by molar-refractivity contribution is -0.134. The number of carbonyl (C=O) groups is 1. The number of hydrogen-bond acceptors (Lipinski definition) is 3. The minimum atomic E-state index is -0.0180. The van der Waals surface area contributed by atoms with Crippen molar-refractivity contribution in [3.05, 3.63) is 24.3 Å². The van der Waals surface area contributed by atoms with Crippen LogP contribution in [0.2, 0.25) is 0 Å². The Labute approximate surface area is 115 Å². The number of benzene rings is 1. The topological polar surface area (TPSA) is 55.6 Å². The third-order valence-corrected chi connectivity index (χ3v) is 3.09. The first-order chi connectivity index (χ1) is 8.90. The Morgan fingerprint density at radius 2 is 2.05 bits per heavy atom. The van der Waals surface area contributed by atoms with Crippen LogP contribution in [0.4, 0.5) is 5.69 Å². The summed E-state index contributed by atoms with van der Waals surface area (Å²) in [5.74, 6) is 1.17. The molecule has 0 radical (unpaired) electrons. The molecule has 2 N–H and O–H groups in total. The standard InChI is InChI=1S/C15H24N2O2/c1-11(2)8-12(3)17(4)15(18)10-19-14-7-5-6-13(16)9-14/h5-7,9,11-12H,8,10,16H2,1-4H3. The summed E-state index contributed by atoms with van der Waals surface area (Å²) in [6.07, 6.45) is 0.987. The van der Waals surface area contributed by atoms with E-state index in [9.17, 15) is 4.79 Å². The van der Waals surface area contributed by atoms with Gasteiger partial charge in [0.05, 0.1) is 0 Å². The van der Waals surface area contributed by atoms with E-state index >= 15 is 0 Å².